The van der Waals surface area contributed by atoms with Crippen LogP contribution in [-0.2, 0) is 4.74 Å². The van der Waals surface area contributed by atoms with E-state index in [2.05, 4.69) is 20.8 Å². The van der Waals surface area contributed by atoms with Gasteiger partial charge in [-0.15, -0.1) is 0 Å². The van der Waals surface area contributed by atoms with Crippen molar-refractivity contribution in [1.29, 1.82) is 0 Å². The van der Waals surface area contributed by atoms with Gasteiger partial charge in [0, 0.05) is 0 Å². The molecule has 0 spiro atoms. The molecular formula is C26H29NO5. The van der Waals surface area contributed by atoms with E-state index in [1.807, 2.05) is 0 Å². The van der Waals surface area contributed by atoms with Crippen LogP contribution >= 0.6 is 0 Å². The maximum absolute atomic E-state index is 13.0. The summed E-state index contributed by atoms with van der Waals surface area (Å²) in [7, 11) is 1.55. The fraction of sp³-hybridized carbons (Fsp3) is 0.423. The fourth-order valence-corrected chi connectivity index (χ4v) is 4.79. The number of benzene rings is 2. The van der Waals surface area contributed by atoms with E-state index in [4.69, 9.17) is 9.47 Å². The lowest BCUT2D eigenvalue weighted by molar-refractivity contribution is -0.0174. The number of amides is 2. The molecule has 0 aromatic heterocycles. The van der Waals surface area contributed by atoms with Crippen LogP contribution in [0.25, 0.3) is 0 Å². The van der Waals surface area contributed by atoms with E-state index < -0.39 is 17.8 Å². The summed E-state index contributed by atoms with van der Waals surface area (Å²) in [6.45, 7) is 6.51. The number of imide groups is 1. The summed E-state index contributed by atoms with van der Waals surface area (Å²) in [5.41, 5.74) is 1.26. The van der Waals surface area contributed by atoms with E-state index in [0.717, 1.165) is 24.2 Å². The first-order valence-corrected chi connectivity index (χ1v) is 11.2. The first-order valence-electron chi connectivity index (χ1n) is 11.2. The average molecular weight is 436 g/mol. The molecule has 1 heterocycles. The number of nitrogens with zero attached hydrogens (tertiary/aromatic N) is 1. The van der Waals surface area contributed by atoms with Gasteiger partial charge in [-0.3, -0.25) is 9.59 Å². The molecule has 2 aliphatic rings. The highest BCUT2D eigenvalue weighted by atomic mass is 16.5. The van der Waals surface area contributed by atoms with E-state index in [9.17, 15) is 14.4 Å². The molecule has 0 N–H and O–H groups in total. The van der Waals surface area contributed by atoms with Crippen molar-refractivity contribution in [3.05, 3.63) is 59.2 Å². The zero-order chi connectivity index (χ0) is 23.0. The quantitative estimate of drug-likeness (QED) is 0.482. The molecule has 2 aromatic rings. The summed E-state index contributed by atoms with van der Waals surface area (Å²) >= 11 is 0. The van der Waals surface area contributed by atoms with Gasteiger partial charge in [-0.05, 0) is 73.1 Å². The highest BCUT2D eigenvalue weighted by Gasteiger charge is 2.38. The van der Waals surface area contributed by atoms with E-state index in [-0.39, 0.29) is 17.2 Å². The summed E-state index contributed by atoms with van der Waals surface area (Å²) in [5, 5.41) is 0. The first kappa shape index (κ1) is 22.1. The Morgan fingerprint density at radius 3 is 2.34 bits per heavy atom. The maximum atomic E-state index is 13.0. The molecule has 1 saturated carbocycles. The number of carbonyl (C=O) groups is 3. The minimum absolute atomic E-state index is 0.132. The molecule has 3 atom stereocenters. The molecule has 32 heavy (non-hydrogen) atoms. The Kier molecular flexibility index (Phi) is 6.04. The van der Waals surface area contributed by atoms with Gasteiger partial charge in [-0.2, -0.15) is 0 Å². The van der Waals surface area contributed by atoms with Crippen molar-refractivity contribution < 1.29 is 23.9 Å². The number of ether oxygens (including phenoxy) is 2. The third-order valence-electron chi connectivity index (χ3n) is 6.67. The number of methoxy groups -OCH3 is 1. The third kappa shape index (κ3) is 4.01. The molecule has 6 heteroatoms. The monoisotopic (exact) mass is 435 g/mol. The molecule has 0 radical (unpaired) electrons. The lowest BCUT2D eigenvalue weighted by Crippen LogP contribution is -2.35. The van der Waals surface area contributed by atoms with Crippen molar-refractivity contribution >= 4 is 23.5 Å². The maximum Gasteiger partial charge on any atom is 0.338 e. The third-order valence-corrected chi connectivity index (χ3v) is 6.67. The fourth-order valence-electron chi connectivity index (χ4n) is 4.79. The van der Waals surface area contributed by atoms with E-state index in [0.29, 0.717) is 34.8 Å². The van der Waals surface area contributed by atoms with Gasteiger partial charge in [0.2, 0.25) is 0 Å². The van der Waals surface area contributed by atoms with Gasteiger partial charge in [-0.25, -0.2) is 9.69 Å². The van der Waals surface area contributed by atoms with Gasteiger partial charge in [0.1, 0.15) is 11.9 Å². The van der Waals surface area contributed by atoms with Gasteiger partial charge < -0.3 is 9.47 Å². The Bertz CT molecular complexity index is 1040. The summed E-state index contributed by atoms with van der Waals surface area (Å²) in [4.78, 5) is 40.0. The summed E-state index contributed by atoms with van der Waals surface area (Å²) in [6, 6.07) is 11.3. The van der Waals surface area contributed by atoms with Crippen molar-refractivity contribution in [2.45, 2.75) is 46.1 Å². The smallest absolute Gasteiger partial charge is 0.338 e. The highest BCUT2D eigenvalue weighted by Crippen LogP contribution is 2.36. The second-order valence-electron chi connectivity index (χ2n) is 9.17. The average Bonchev–Trinajstić information content (AvgIpc) is 3.03. The molecule has 168 valence electrons. The SMILES string of the molecule is COc1ccc(N2C(=O)c3ccc(C(=O)O[C@H]4C[C@@H](C)CC[C@@H]4C(C)C)cc3C2=O)cc1. The molecule has 0 unspecified atom stereocenters. The molecule has 1 aliphatic heterocycles. The second-order valence-corrected chi connectivity index (χ2v) is 9.17. The molecule has 0 bridgehead atoms. The number of fused-ring (bicyclic) bond motifs is 1. The molecule has 0 saturated heterocycles. The van der Waals surface area contributed by atoms with Gasteiger partial charge >= 0.3 is 5.97 Å². The number of hydrogen-bond donors (Lipinski definition) is 0. The van der Waals surface area contributed by atoms with Crippen LogP contribution in [0.1, 0.15) is 71.1 Å². The summed E-state index contributed by atoms with van der Waals surface area (Å²) in [6.07, 6.45) is 2.91. The van der Waals surface area contributed by atoms with E-state index in [1.54, 1.807) is 43.5 Å². The number of carbonyl (C=O) groups excluding carboxylic acids is 3. The largest absolute Gasteiger partial charge is 0.497 e. The minimum Gasteiger partial charge on any atom is -0.497 e. The Morgan fingerprint density at radius 1 is 1.00 bits per heavy atom. The lowest BCUT2D eigenvalue weighted by atomic mass is 9.75. The zero-order valence-electron chi connectivity index (χ0n) is 19.0. The van der Waals surface area contributed by atoms with Gasteiger partial charge in [0.05, 0.1) is 29.5 Å². The molecule has 2 amide bonds. The second kappa shape index (κ2) is 8.77. The van der Waals surface area contributed by atoms with Crippen LogP contribution in [0.4, 0.5) is 5.69 Å². The molecule has 1 fully saturated rings. The van der Waals surface area contributed by atoms with Crippen molar-refractivity contribution in [1.82, 2.24) is 0 Å². The van der Waals surface area contributed by atoms with E-state index >= 15 is 0 Å². The van der Waals surface area contributed by atoms with Gasteiger partial charge in [-0.1, -0.05) is 27.2 Å². The van der Waals surface area contributed by atoms with Gasteiger partial charge in [0.15, 0.2) is 0 Å². The predicted molar refractivity (Wildman–Crippen MR) is 121 cm³/mol. The van der Waals surface area contributed by atoms with Crippen molar-refractivity contribution in [3.8, 4) is 5.75 Å². The van der Waals surface area contributed by atoms with Crippen molar-refractivity contribution in [2.75, 3.05) is 12.0 Å². The van der Waals surface area contributed by atoms with Crippen LogP contribution in [0.5, 0.6) is 5.75 Å². The van der Waals surface area contributed by atoms with E-state index in [1.165, 1.54) is 6.07 Å². The van der Waals surface area contributed by atoms with Crippen LogP contribution < -0.4 is 9.64 Å². The Hall–Kier alpha value is -3.15. The van der Waals surface area contributed by atoms with Gasteiger partial charge in [0.25, 0.3) is 11.8 Å². The first-order chi connectivity index (χ1) is 15.3. The Morgan fingerprint density at radius 2 is 1.69 bits per heavy atom. The van der Waals surface area contributed by atoms with Crippen molar-refractivity contribution in [3.63, 3.8) is 0 Å². The van der Waals surface area contributed by atoms with Crippen LogP contribution in [-0.4, -0.2) is 31.0 Å². The predicted octanol–water partition coefficient (Wildman–Crippen LogP) is 5.11. The number of rotatable bonds is 5. The Balaban J connectivity index is 1.56. The topological polar surface area (TPSA) is 72.9 Å². The highest BCUT2D eigenvalue weighted by molar-refractivity contribution is 6.34. The van der Waals surface area contributed by atoms with Crippen LogP contribution in [0.3, 0.4) is 0 Å². The Labute approximate surface area is 188 Å². The molecule has 2 aromatic carbocycles. The number of anilines is 1. The number of hydrogen-bond acceptors (Lipinski definition) is 5. The lowest BCUT2D eigenvalue weighted by Gasteiger charge is -2.36. The summed E-state index contributed by atoms with van der Waals surface area (Å²) < 4.78 is 11.1. The zero-order valence-corrected chi connectivity index (χ0v) is 19.0. The normalized spacial score (nSPS) is 22.8. The standard InChI is InChI=1S/C26H29NO5/c1-15(2)20-11-5-16(3)13-23(20)32-26(30)17-6-12-21-22(14-17)25(29)27(24(21)28)18-7-9-19(31-4)10-8-18/h6-10,12,14-16,20,23H,5,11,13H2,1-4H3/t16-,20+,23-/m0/s1. The van der Waals surface area contributed by atoms with Crippen LogP contribution in [0, 0.1) is 17.8 Å². The number of esters is 1. The molecule has 4 rings (SSSR count). The molecule has 6 nitrogen and oxygen atoms in total. The van der Waals surface area contributed by atoms with Crippen LogP contribution in [0.2, 0.25) is 0 Å². The molecular weight excluding hydrogens is 406 g/mol. The van der Waals surface area contributed by atoms with Crippen molar-refractivity contribution in [2.24, 2.45) is 17.8 Å². The minimum atomic E-state index is -0.448. The van der Waals surface area contributed by atoms with Crippen LogP contribution in [0.15, 0.2) is 42.5 Å². The molecule has 1 aliphatic carbocycles. The summed E-state index contributed by atoms with van der Waals surface area (Å²) in [5.74, 6) is 0.607.